The lowest BCUT2D eigenvalue weighted by Crippen LogP contribution is -2.46. The van der Waals surface area contributed by atoms with Crippen LogP contribution in [0.5, 0.6) is 0 Å². The Balaban J connectivity index is 4.43. The van der Waals surface area contributed by atoms with E-state index in [1.807, 2.05) is 0 Å². The molecule has 6 nitrogen and oxygen atoms in total. The number of ether oxygens (including phenoxy) is 1. The molecule has 0 spiro atoms. The lowest BCUT2D eigenvalue weighted by Gasteiger charge is -2.24. The van der Waals surface area contributed by atoms with E-state index in [9.17, 15) is 19.8 Å². The van der Waals surface area contributed by atoms with Gasteiger partial charge in [-0.05, 0) is 64.2 Å². The number of unbranched alkanes of at least 4 members (excludes halogenated alkanes) is 25. The molecule has 0 aromatic heterocycles. The standard InChI is InChI=1S/C50H93NO5/c1-4-7-10-13-16-18-20-22-23-24-25-27-29-31-34-37-40-43-50(55)56-46(41-38-35-32-15-12-9-6-3)44-49(54)51-47(45-52)48(53)42-39-36-33-30-28-26-21-19-17-14-11-8-5-2/h16,18,22-23,25,27,46-48,52-53H,4-15,17,19-21,24,26,28-45H2,1-3H3,(H,51,54)/b18-16-,23-22-,27-25-. The summed E-state index contributed by atoms with van der Waals surface area (Å²) < 4.78 is 5.88. The zero-order valence-electron chi connectivity index (χ0n) is 37.3. The number of amides is 1. The third-order valence-corrected chi connectivity index (χ3v) is 11.0. The Morgan fingerprint density at radius 2 is 0.911 bits per heavy atom. The molecule has 3 unspecified atom stereocenters. The average Bonchev–Trinajstić information content (AvgIpc) is 3.19. The number of carbonyl (C=O) groups excluding carboxylic acids is 2. The molecule has 328 valence electrons. The number of hydrogen-bond acceptors (Lipinski definition) is 5. The molecule has 0 saturated heterocycles. The molecule has 0 bridgehead atoms. The maximum atomic E-state index is 13.1. The first kappa shape index (κ1) is 54.1. The summed E-state index contributed by atoms with van der Waals surface area (Å²) in [5.41, 5.74) is 0. The van der Waals surface area contributed by atoms with E-state index in [1.165, 1.54) is 116 Å². The molecule has 0 aliphatic carbocycles. The van der Waals surface area contributed by atoms with Gasteiger partial charge in [0.25, 0.3) is 0 Å². The van der Waals surface area contributed by atoms with E-state index < -0.39 is 18.2 Å². The molecule has 0 heterocycles. The number of aliphatic hydroxyl groups is 2. The molecule has 0 fully saturated rings. The predicted octanol–water partition coefficient (Wildman–Crippen LogP) is 14.1. The summed E-state index contributed by atoms with van der Waals surface area (Å²) in [6.45, 7) is 6.42. The quantitative estimate of drug-likeness (QED) is 0.0325. The second kappa shape index (κ2) is 44.2. The van der Waals surface area contributed by atoms with E-state index in [2.05, 4.69) is 62.5 Å². The van der Waals surface area contributed by atoms with Crippen molar-refractivity contribution < 1.29 is 24.5 Å². The van der Waals surface area contributed by atoms with Crippen molar-refractivity contribution in [2.24, 2.45) is 0 Å². The molecule has 0 saturated carbocycles. The van der Waals surface area contributed by atoms with Crippen LogP contribution in [0, 0.1) is 0 Å². The minimum absolute atomic E-state index is 0.0702. The van der Waals surface area contributed by atoms with E-state index >= 15 is 0 Å². The number of allylic oxidation sites excluding steroid dienone is 6. The zero-order chi connectivity index (χ0) is 41.0. The summed E-state index contributed by atoms with van der Waals surface area (Å²) in [5.74, 6) is -0.498. The Hall–Kier alpha value is -1.92. The highest BCUT2D eigenvalue weighted by atomic mass is 16.5. The molecule has 6 heteroatoms. The van der Waals surface area contributed by atoms with Gasteiger partial charge in [-0.15, -0.1) is 0 Å². The smallest absolute Gasteiger partial charge is 0.306 e. The van der Waals surface area contributed by atoms with Gasteiger partial charge in [-0.25, -0.2) is 0 Å². The van der Waals surface area contributed by atoms with Crippen LogP contribution in [0.4, 0.5) is 0 Å². The maximum absolute atomic E-state index is 13.1. The maximum Gasteiger partial charge on any atom is 0.306 e. The van der Waals surface area contributed by atoms with Crippen LogP contribution in [0.2, 0.25) is 0 Å². The number of nitrogens with one attached hydrogen (secondary N) is 1. The van der Waals surface area contributed by atoms with Gasteiger partial charge >= 0.3 is 5.97 Å². The van der Waals surface area contributed by atoms with Crippen molar-refractivity contribution in [3.63, 3.8) is 0 Å². The van der Waals surface area contributed by atoms with Crippen LogP contribution < -0.4 is 5.32 Å². The Morgan fingerprint density at radius 1 is 0.518 bits per heavy atom. The molecule has 1 amide bonds. The van der Waals surface area contributed by atoms with Gasteiger partial charge in [0.1, 0.15) is 6.10 Å². The molecule has 0 aromatic rings. The van der Waals surface area contributed by atoms with Gasteiger partial charge in [-0.3, -0.25) is 9.59 Å². The SMILES string of the molecule is CCCCC/C=C\C/C=C\C/C=C\CCCCCCC(=O)OC(CCCCCCCCC)CC(=O)NC(CO)C(O)CCCCCCCCCCCCCCC. The Kier molecular flexibility index (Phi) is 42.7. The van der Waals surface area contributed by atoms with Gasteiger partial charge in [0.05, 0.1) is 25.2 Å². The number of esters is 1. The van der Waals surface area contributed by atoms with E-state index in [0.717, 1.165) is 83.5 Å². The van der Waals surface area contributed by atoms with Gasteiger partial charge < -0.3 is 20.3 Å². The Labute approximate surface area is 347 Å². The van der Waals surface area contributed by atoms with Crippen LogP contribution in [-0.4, -0.2) is 46.9 Å². The minimum atomic E-state index is -0.787. The van der Waals surface area contributed by atoms with Crippen LogP contribution in [0.1, 0.15) is 245 Å². The highest BCUT2D eigenvalue weighted by molar-refractivity contribution is 5.77. The van der Waals surface area contributed by atoms with Crippen molar-refractivity contribution in [3.05, 3.63) is 36.5 Å². The van der Waals surface area contributed by atoms with Crippen LogP contribution >= 0.6 is 0 Å². The zero-order valence-corrected chi connectivity index (χ0v) is 37.3. The van der Waals surface area contributed by atoms with Crippen molar-refractivity contribution in [2.75, 3.05) is 6.61 Å². The van der Waals surface area contributed by atoms with E-state index in [-0.39, 0.29) is 24.9 Å². The number of hydrogen-bond donors (Lipinski definition) is 3. The average molecular weight is 788 g/mol. The normalized spacial score (nSPS) is 13.6. The molecular formula is C50H93NO5. The fraction of sp³-hybridized carbons (Fsp3) is 0.840. The van der Waals surface area contributed by atoms with Gasteiger partial charge in [-0.1, -0.05) is 205 Å². The van der Waals surface area contributed by atoms with E-state index in [1.54, 1.807) is 0 Å². The first-order valence-electron chi connectivity index (χ1n) is 24.2. The summed E-state index contributed by atoms with van der Waals surface area (Å²) in [4.78, 5) is 25.9. The summed E-state index contributed by atoms with van der Waals surface area (Å²) in [5, 5.41) is 23.6. The van der Waals surface area contributed by atoms with E-state index in [4.69, 9.17) is 4.74 Å². The molecule has 0 rings (SSSR count). The van der Waals surface area contributed by atoms with Crippen LogP contribution in [0.15, 0.2) is 36.5 Å². The molecular weight excluding hydrogens is 695 g/mol. The van der Waals surface area contributed by atoms with Crippen molar-refractivity contribution in [2.45, 2.75) is 264 Å². The summed E-state index contributed by atoms with van der Waals surface area (Å²) in [6.07, 6.45) is 50.7. The first-order valence-corrected chi connectivity index (χ1v) is 24.2. The molecule has 0 aromatic carbocycles. The van der Waals surface area contributed by atoms with Crippen LogP contribution in [0.3, 0.4) is 0 Å². The predicted molar refractivity (Wildman–Crippen MR) is 241 cm³/mol. The third kappa shape index (κ3) is 38.9. The molecule has 56 heavy (non-hydrogen) atoms. The molecule has 3 atom stereocenters. The molecule has 0 aliphatic heterocycles. The number of aliphatic hydroxyl groups excluding tert-OH is 2. The third-order valence-electron chi connectivity index (χ3n) is 11.0. The summed E-state index contributed by atoms with van der Waals surface area (Å²) >= 11 is 0. The lowest BCUT2D eigenvalue weighted by molar-refractivity contribution is -0.151. The summed E-state index contributed by atoms with van der Waals surface area (Å²) in [6, 6.07) is -0.701. The van der Waals surface area contributed by atoms with Gasteiger partial charge in [0, 0.05) is 6.42 Å². The van der Waals surface area contributed by atoms with Gasteiger partial charge in [-0.2, -0.15) is 0 Å². The topological polar surface area (TPSA) is 95.9 Å². The number of carbonyl (C=O) groups is 2. The van der Waals surface area contributed by atoms with Gasteiger partial charge in [0.2, 0.25) is 5.91 Å². The highest BCUT2D eigenvalue weighted by Gasteiger charge is 2.24. The second-order valence-electron chi connectivity index (χ2n) is 16.5. The second-order valence-corrected chi connectivity index (χ2v) is 16.5. The number of rotatable bonds is 43. The van der Waals surface area contributed by atoms with Crippen LogP contribution in [0.25, 0.3) is 0 Å². The van der Waals surface area contributed by atoms with Crippen molar-refractivity contribution in [1.29, 1.82) is 0 Å². The van der Waals surface area contributed by atoms with Crippen molar-refractivity contribution in [3.8, 4) is 0 Å². The Morgan fingerprint density at radius 3 is 1.41 bits per heavy atom. The first-order chi connectivity index (χ1) is 27.5. The lowest BCUT2D eigenvalue weighted by atomic mass is 10.0. The molecule has 0 aliphatic rings. The highest BCUT2D eigenvalue weighted by Crippen LogP contribution is 2.17. The largest absolute Gasteiger partial charge is 0.462 e. The fourth-order valence-corrected chi connectivity index (χ4v) is 7.26. The Bertz CT molecular complexity index is 930. The monoisotopic (exact) mass is 788 g/mol. The van der Waals surface area contributed by atoms with E-state index in [0.29, 0.717) is 19.3 Å². The van der Waals surface area contributed by atoms with Gasteiger partial charge in [0.15, 0.2) is 0 Å². The molecule has 3 N–H and O–H groups in total. The van der Waals surface area contributed by atoms with Crippen molar-refractivity contribution >= 4 is 11.9 Å². The fourth-order valence-electron chi connectivity index (χ4n) is 7.26. The summed E-state index contributed by atoms with van der Waals surface area (Å²) in [7, 11) is 0. The van der Waals surface area contributed by atoms with Crippen LogP contribution in [-0.2, 0) is 14.3 Å². The van der Waals surface area contributed by atoms with Crippen molar-refractivity contribution in [1.82, 2.24) is 5.32 Å². The molecule has 0 radical (unpaired) electrons. The minimum Gasteiger partial charge on any atom is -0.462 e.